The topological polar surface area (TPSA) is 92.8 Å². The number of esters is 1. The van der Waals surface area contributed by atoms with Gasteiger partial charge in [0.2, 0.25) is 11.8 Å². The molecule has 0 unspecified atom stereocenters. The third-order valence-electron chi connectivity index (χ3n) is 5.35. The standard InChI is InChI=1S/C20H23ClN2O5/c1-11-7-8-16(15(21)9-11)22-17(24)10-28-20(27)12(2)23-18(25)13-5-3-4-6-14(13)19(23)26/h7-9,12-14H,3-6,10H2,1-2H3,(H,22,24)/t12-,13+,14+/m0/s1. The summed E-state index contributed by atoms with van der Waals surface area (Å²) < 4.78 is 5.02. The second kappa shape index (κ2) is 8.31. The molecule has 1 saturated carbocycles. The van der Waals surface area contributed by atoms with Crippen LogP contribution in [-0.4, -0.2) is 41.2 Å². The summed E-state index contributed by atoms with van der Waals surface area (Å²) in [6, 6.07) is 4.10. The summed E-state index contributed by atoms with van der Waals surface area (Å²) in [5.41, 5.74) is 1.36. The molecule has 1 aliphatic heterocycles. The van der Waals surface area contributed by atoms with E-state index in [2.05, 4.69) is 5.32 Å². The van der Waals surface area contributed by atoms with E-state index in [-0.39, 0.29) is 23.7 Å². The Morgan fingerprint density at radius 2 is 1.82 bits per heavy atom. The highest BCUT2D eigenvalue weighted by Gasteiger charge is 2.51. The summed E-state index contributed by atoms with van der Waals surface area (Å²) in [5, 5.41) is 2.94. The fourth-order valence-electron chi connectivity index (χ4n) is 3.84. The maximum absolute atomic E-state index is 12.5. The van der Waals surface area contributed by atoms with Crippen LogP contribution in [0.1, 0.15) is 38.2 Å². The maximum Gasteiger partial charge on any atom is 0.329 e. The first kappa shape index (κ1) is 20.3. The third-order valence-corrected chi connectivity index (χ3v) is 5.66. The first-order valence-electron chi connectivity index (χ1n) is 9.39. The van der Waals surface area contributed by atoms with Crippen LogP contribution in [0.4, 0.5) is 5.69 Å². The molecule has 2 fully saturated rings. The Kier molecular flexibility index (Phi) is 6.03. The van der Waals surface area contributed by atoms with Crippen LogP contribution in [0.2, 0.25) is 5.02 Å². The summed E-state index contributed by atoms with van der Waals surface area (Å²) in [4.78, 5) is 50.5. The fourth-order valence-corrected chi connectivity index (χ4v) is 4.12. The maximum atomic E-state index is 12.5. The molecule has 3 atom stereocenters. The van der Waals surface area contributed by atoms with Gasteiger partial charge in [-0.15, -0.1) is 0 Å². The molecular weight excluding hydrogens is 384 g/mol. The number of amides is 3. The smallest absolute Gasteiger partial charge is 0.329 e. The quantitative estimate of drug-likeness (QED) is 0.599. The van der Waals surface area contributed by atoms with Crippen molar-refractivity contribution in [2.45, 2.75) is 45.6 Å². The van der Waals surface area contributed by atoms with Gasteiger partial charge in [0.15, 0.2) is 6.61 Å². The Morgan fingerprint density at radius 1 is 1.21 bits per heavy atom. The van der Waals surface area contributed by atoms with E-state index >= 15 is 0 Å². The Balaban J connectivity index is 1.56. The molecule has 1 saturated heterocycles. The van der Waals surface area contributed by atoms with Crippen LogP contribution in [-0.2, 0) is 23.9 Å². The number of benzene rings is 1. The molecule has 3 rings (SSSR count). The highest BCUT2D eigenvalue weighted by molar-refractivity contribution is 6.33. The number of likely N-dealkylation sites (tertiary alicyclic amines) is 1. The Labute approximate surface area is 168 Å². The minimum absolute atomic E-state index is 0.310. The monoisotopic (exact) mass is 406 g/mol. The molecule has 1 aliphatic carbocycles. The van der Waals surface area contributed by atoms with Gasteiger partial charge in [0.25, 0.3) is 5.91 Å². The van der Waals surface area contributed by atoms with Gasteiger partial charge in [-0.1, -0.05) is 30.5 Å². The lowest BCUT2D eigenvalue weighted by Gasteiger charge is -2.21. The number of halogens is 1. The van der Waals surface area contributed by atoms with Crippen molar-refractivity contribution in [1.82, 2.24) is 4.90 Å². The largest absolute Gasteiger partial charge is 0.454 e. The number of hydrogen-bond acceptors (Lipinski definition) is 5. The lowest BCUT2D eigenvalue weighted by Crippen LogP contribution is -2.45. The number of carbonyl (C=O) groups is 4. The number of carbonyl (C=O) groups excluding carboxylic acids is 4. The predicted molar refractivity (Wildman–Crippen MR) is 103 cm³/mol. The lowest BCUT2D eigenvalue weighted by atomic mass is 9.81. The van der Waals surface area contributed by atoms with Crippen LogP contribution in [0, 0.1) is 18.8 Å². The number of aryl methyl sites for hydroxylation is 1. The number of fused-ring (bicyclic) bond motifs is 1. The zero-order valence-corrected chi connectivity index (χ0v) is 16.6. The van der Waals surface area contributed by atoms with E-state index in [1.54, 1.807) is 18.2 Å². The molecule has 0 radical (unpaired) electrons. The van der Waals surface area contributed by atoms with Crippen molar-refractivity contribution in [3.63, 3.8) is 0 Å². The first-order chi connectivity index (χ1) is 13.3. The highest BCUT2D eigenvalue weighted by atomic mass is 35.5. The molecule has 1 aromatic rings. The van der Waals surface area contributed by atoms with Gasteiger partial charge in [-0.2, -0.15) is 0 Å². The molecule has 1 aromatic carbocycles. The van der Waals surface area contributed by atoms with Crippen LogP contribution >= 0.6 is 11.6 Å². The molecule has 7 nitrogen and oxygen atoms in total. The number of anilines is 1. The predicted octanol–water partition coefficient (Wildman–Crippen LogP) is 2.69. The molecule has 0 spiro atoms. The highest BCUT2D eigenvalue weighted by Crippen LogP contribution is 2.38. The number of rotatable bonds is 5. The number of ether oxygens (including phenoxy) is 1. The van der Waals surface area contributed by atoms with Crippen molar-refractivity contribution >= 4 is 41.0 Å². The second-order valence-corrected chi connectivity index (χ2v) is 7.77. The van der Waals surface area contributed by atoms with Crippen LogP contribution in [0.25, 0.3) is 0 Å². The van der Waals surface area contributed by atoms with Crippen LogP contribution in [0.5, 0.6) is 0 Å². The van der Waals surface area contributed by atoms with E-state index < -0.39 is 24.5 Å². The molecule has 0 bridgehead atoms. The number of nitrogens with one attached hydrogen (secondary N) is 1. The number of nitrogens with zero attached hydrogens (tertiary/aromatic N) is 1. The average molecular weight is 407 g/mol. The summed E-state index contributed by atoms with van der Waals surface area (Å²) in [5.74, 6) is -2.62. The van der Waals surface area contributed by atoms with Gasteiger partial charge >= 0.3 is 5.97 Å². The van der Waals surface area contributed by atoms with Gasteiger partial charge in [-0.3, -0.25) is 19.3 Å². The fraction of sp³-hybridized carbons (Fsp3) is 0.500. The SMILES string of the molecule is Cc1ccc(NC(=O)COC(=O)[C@H](C)N2C(=O)[C@@H]3CCCC[C@H]3C2=O)c(Cl)c1. The van der Waals surface area contributed by atoms with Gasteiger partial charge in [-0.25, -0.2) is 4.79 Å². The Bertz CT molecular complexity index is 801. The van der Waals surface area contributed by atoms with Gasteiger partial charge in [0.05, 0.1) is 22.5 Å². The molecular formula is C20H23ClN2O5. The van der Waals surface area contributed by atoms with Gasteiger partial charge < -0.3 is 10.1 Å². The average Bonchev–Trinajstić information content (AvgIpc) is 2.92. The molecule has 28 heavy (non-hydrogen) atoms. The number of hydrogen-bond donors (Lipinski definition) is 1. The number of imide groups is 1. The molecule has 3 amide bonds. The minimum Gasteiger partial charge on any atom is -0.454 e. The minimum atomic E-state index is -1.05. The van der Waals surface area contributed by atoms with E-state index in [1.807, 2.05) is 6.92 Å². The molecule has 1 heterocycles. The van der Waals surface area contributed by atoms with Crippen molar-refractivity contribution in [2.24, 2.45) is 11.8 Å². The van der Waals surface area contributed by atoms with E-state index in [9.17, 15) is 19.2 Å². The van der Waals surface area contributed by atoms with Crippen LogP contribution < -0.4 is 5.32 Å². The van der Waals surface area contributed by atoms with E-state index in [0.29, 0.717) is 23.6 Å². The summed E-state index contributed by atoms with van der Waals surface area (Å²) in [7, 11) is 0. The van der Waals surface area contributed by atoms with E-state index in [0.717, 1.165) is 23.3 Å². The second-order valence-electron chi connectivity index (χ2n) is 7.36. The van der Waals surface area contributed by atoms with Crippen molar-refractivity contribution in [3.05, 3.63) is 28.8 Å². The Hall–Kier alpha value is -2.41. The molecule has 0 aromatic heterocycles. The molecule has 1 N–H and O–H groups in total. The van der Waals surface area contributed by atoms with Gasteiger partial charge in [0, 0.05) is 0 Å². The molecule has 2 aliphatic rings. The summed E-state index contributed by atoms with van der Waals surface area (Å²) >= 11 is 6.06. The lowest BCUT2D eigenvalue weighted by molar-refractivity contribution is -0.159. The van der Waals surface area contributed by atoms with Gasteiger partial charge in [0.1, 0.15) is 6.04 Å². The van der Waals surface area contributed by atoms with Crippen molar-refractivity contribution in [2.75, 3.05) is 11.9 Å². The summed E-state index contributed by atoms with van der Waals surface area (Å²) in [6.07, 6.45) is 3.17. The molecule has 8 heteroatoms. The third kappa shape index (κ3) is 4.04. The van der Waals surface area contributed by atoms with Crippen molar-refractivity contribution in [3.8, 4) is 0 Å². The van der Waals surface area contributed by atoms with E-state index in [1.165, 1.54) is 6.92 Å². The van der Waals surface area contributed by atoms with Crippen molar-refractivity contribution in [1.29, 1.82) is 0 Å². The van der Waals surface area contributed by atoms with Crippen molar-refractivity contribution < 1.29 is 23.9 Å². The Morgan fingerprint density at radius 3 is 2.39 bits per heavy atom. The first-order valence-corrected chi connectivity index (χ1v) is 9.77. The summed E-state index contributed by atoms with van der Waals surface area (Å²) in [6.45, 7) is 2.79. The zero-order chi connectivity index (χ0) is 20.4. The van der Waals surface area contributed by atoms with Gasteiger partial charge in [-0.05, 0) is 44.4 Å². The normalized spacial score (nSPS) is 22.6. The van der Waals surface area contributed by atoms with Crippen LogP contribution in [0.15, 0.2) is 18.2 Å². The van der Waals surface area contributed by atoms with E-state index in [4.69, 9.17) is 16.3 Å². The van der Waals surface area contributed by atoms with Crippen LogP contribution in [0.3, 0.4) is 0 Å². The zero-order valence-electron chi connectivity index (χ0n) is 15.9. The molecule has 150 valence electrons.